The fourth-order valence-corrected chi connectivity index (χ4v) is 2.91. The number of aryl methyl sites for hydroxylation is 1. The first kappa shape index (κ1) is 16.3. The summed E-state index contributed by atoms with van der Waals surface area (Å²) in [7, 11) is 0. The number of ether oxygens (including phenoxy) is 1. The van der Waals surface area contributed by atoms with Gasteiger partial charge >= 0.3 is 0 Å². The Morgan fingerprint density at radius 3 is 2.38 bits per heavy atom. The Hall–Kier alpha value is -2.55. The molecule has 0 radical (unpaired) electrons. The molecule has 3 aromatic rings. The Bertz CT molecular complexity index is 867. The summed E-state index contributed by atoms with van der Waals surface area (Å²) in [6.45, 7) is 8.48. The largest absolute Gasteiger partial charge is 0.485 e. The molecule has 0 aliphatic heterocycles. The normalized spacial score (nSPS) is 11.7. The lowest BCUT2D eigenvalue weighted by atomic mass is 9.87. The van der Waals surface area contributed by atoms with Gasteiger partial charge in [0.25, 0.3) is 0 Å². The summed E-state index contributed by atoms with van der Waals surface area (Å²) in [6, 6.07) is 15.8. The van der Waals surface area contributed by atoms with Gasteiger partial charge in [-0.05, 0) is 36.1 Å². The van der Waals surface area contributed by atoms with Crippen molar-refractivity contribution in [2.75, 3.05) is 6.61 Å². The minimum atomic E-state index is -0.00940. The van der Waals surface area contributed by atoms with Gasteiger partial charge in [-0.2, -0.15) is 0 Å². The second-order valence-corrected chi connectivity index (χ2v) is 7.16. The Morgan fingerprint density at radius 1 is 1.04 bits per heavy atom. The number of fused-ring (bicyclic) bond motifs is 1. The highest BCUT2D eigenvalue weighted by atomic mass is 16.5. The van der Waals surface area contributed by atoms with Crippen LogP contribution in [0.25, 0.3) is 10.9 Å². The highest BCUT2D eigenvalue weighted by Crippen LogP contribution is 2.25. The van der Waals surface area contributed by atoms with E-state index in [4.69, 9.17) is 4.74 Å². The van der Waals surface area contributed by atoms with E-state index < -0.39 is 0 Å². The summed E-state index contributed by atoms with van der Waals surface area (Å²) >= 11 is 0. The first-order valence-corrected chi connectivity index (χ1v) is 8.20. The number of hydrogen-bond donors (Lipinski definition) is 1. The van der Waals surface area contributed by atoms with Crippen molar-refractivity contribution in [1.29, 1.82) is 0 Å². The molecule has 0 fully saturated rings. The van der Waals surface area contributed by atoms with Gasteiger partial charge in [-0.3, -0.25) is 4.79 Å². The van der Waals surface area contributed by atoms with Crippen LogP contribution in [0.1, 0.15) is 42.4 Å². The van der Waals surface area contributed by atoms with Crippen molar-refractivity contribution in [2.24, 2.45) is 0 Å². The molecular formula is C21H23NO2. The third-order valence-electron chi connectivity index (χ3n) is 4.26. The molecule has 0 atom stereocenters. The van der Waals surface area contributed by atoms with Gasteiger partial charge in [0.2, 0.25) is 5.78 Å². The molecule has 124 valence electrons. The smallest absolute Gasteiger partial charge is 0.202 e. The molecule has 2 aromatic carbocycles. The van der Waals surface area contributed by atoms with E-state index in [1.54, 1.807) is 0 Å². The first-order chi connectivity index (χ1) is 11.4. The molecule has 3 rings (SSSR count). The van der Waals surface area contributed by atoms with Crippen LogP contribution in [0.2, 0.25) is 0 Å². The SMILES string of the molecule is Cc1[nH]c2ccccc2c1C(=O)COc1ccc(C(C)(C)C)cc1. The van der Waals surface area contributed by atoms with E-state index in [0.29, 0.717) is 5.75 Å². The maximum Gasteiger partial charge on any atom is 0.202 e. The molecule has 0 unspecified atom stereocenters. The monoisotopic (exact) mass is 321 g/mol. The number of para-hydroxylation sites is 1. The first-order valence-electron chi connectivity index (χ1n) is 8.20. The molecule has 1 heterocycles. The van der Waals surface area contributed by atoms with E-state index in [2.05, 4.69) is 37.9 Å². The Kier molecular flexibility index (Phi) is 4.18. The lowest BCUT2D eigenvalue weighted by Crippen LogP contribution is -2.13. The number of nitrogens with one attached hydrogen (secondary N) is 1. The zero-order valence-corrected chi connectivity index (χ0v) is 14.6. The van der Waals surface area contributed by atoms with Gasteiger partial charge in [0.1, 0.15) is 5.75 Å². The van der Waals surface area contributed by atoms with Crippen molar-refractivity contribution in [3.05, 3.63) is 65.4 Å². The average Bonchev–Trinajstić information content (AvgIpc) is 2.88. The topological polar surface area (TPSA) is 42.1 Å². The van der Waals surface area contributed by atoms with Crippen LogP contribution in [-0.2, 0) is 5.41 Å². The zero-order valence-electron chi connectivity index (χ0n) is 14.6. The van der Waals surface area contributed by atoms with Crippen molar-refractivity contribution in [1.82, 2.24) is 4.98 Å². The van der Waals surface area contributed by atoms with Gasteiger partial charge < -0.3 is 9.72 Å². The molecule has 0 aliphatic carbocycles. The van der Waals surface area contributed by atoms with Crippen LogP contribution in [0.15, 0.2) is 48.5 Å². The van der Waals surface area contributed by atoms with E-state index in [9.17, 15) is 4.79 Å². The number of aromatic nitrogens is 1. The fourth-order valence-electron chi connectivity index (χ4n) is 2.91. The number of benzene rings is 2. The van der Waals surface area contributed by atoms with Crippen molar-refractivity contribution >= 4 is 16.7 Å². The van der Waals surface area contributed by atoms with E-state index in [1.807, 2.05) is 43.3 Å². The highest BCUT2D eigenvalue weighted by molar-refractivity contribution is 6.09. The lowest BCUT2D eigenvalue weighted by Gasteiger charge is -2.19. The molecule has 0 bridgehead atoms. The summed E-state index contributed by atoms with van der Waals surface area (Å²) in [4.78, 5) is 15.8. The number of Topliss-reactive ketones (excluding diaryl/α,β-unsaturated/α-hetero) is 1. The third-order valence-corrected chi connectivity index (χ3v) is 4.26. The molecular weight excluding hydrogens is 298 g/mol. The predicted molar refractivity (Wildman–Crippen MR) is 98.0 cm³/mol. The molecule has 0 aliphatic rings. The third kappa shape index (κ3) is 3.21. The van der Waals surface area contributed by atoms with Gasteiger partial charge in [-0.15, -0.1) is 0 Å². The minimum Gasteiger partial charge on any atom is -0.485 e. The second kappa shape index (κ2) is 6.16. The maximum atomic E-state index is 12.6. The highest BCUT2D eigenvalue weighted by Gasteiger charge is 2.17. The number of carbonyl (C=O) groups excluding carboxylic acids is 1. The van der Waals surface area contributed by atoms with Gasteiger partial charge in [0.15, 0.2) is 6.61 Å². The van der Waals surface area contributed by atoms with Gasteiger partial charge in [0.05, 0.1) is 0 Å². The van der Waals surface area contributed by atoms with E-state index >= 15 is 0 Å². The van der Waals surface area contributed by atoms with E-state index in [0.717, 1.165) is 22.2 Å². The Labute approximate surface area is 142 Å². The molecule has 1 N–H and O–H groups in total. The summed E-state index contributed by atoms with van der Waals surface area (Å²) in [5, 5.41) is 0.951. The summed E-state index contributed by atoms with van der Waals surface area (Å²) in [6.07, 6.45) is 0. The number of ketones is 1. The average molecular weight is 321 g/mol. The van der Waals surface area contributed by atoms with Crippen LogP contribution in [0.3, 0.4) is 0 Å². The van der Waals surface area contributed by atoms with Crippen LogP contribution in [0.4, 0.5) is 0 Å². The Balaban J connectivity index is 1.74. The van der Waals surface area contributed by atoms with E-state index in [-0.39, 0.29) is 17.8 Å². The standard InChI is InChI=1S/C21H23NO2/c1-14-20(17-7-5-6-8-18(17)22-14)19(23)13-24-16-11-9-15(10-12-16)21(2,3)4/h5-12,22H,13H2,1-4H3. The summed E-state index contributed by atoms with van der Waals surface area (Å²) in [5.74, 6) is 0.707. The summed E-state index contributed by atoms with van der Waals surface area (Å²) in [5.41, 5.74) is 3.93. The van der Waals surface area contributed by atoms with Crippen LogP contribution in [0.5, 0.6) is 5.75 Å². The molecule has 0 amide bonds. The van der Waals surface area contributed by atoms with E-state index in [1.165, 1.54) is 5.56 Å². The van der Waals surface area contributed by atoms with Crippen molar-refractivity contribution in [3.8, 4) is 5.75 Å². The van der Waals surface area contributed by atoms with Gasteiger partial charge in [-0.1, -0.05) is 51.1 Å². The number of carbonyl (C=O) groups is 1. The number of aromatic amines is 1. The fraction of sp³-hybridized carbons (Fsp3) is 0.286. The quantitative estimate of drug-likeness (QED) is 0.684. The van der Waals surface area contributed by atoms with Crippen molar-refractivity contribution < 1.29 is 9.53 Å². The maximum absolute atomic E-state index is 12.6. The predicted octanol–water partition coefficient (Wildman–Crippen LogP) is 5.04. The number of H-pyrrole nitrogens is 1. The van der Waals surface area contributed by atoms with Crippen molar-refractivity contribution in [3.63, 3.8) is 0 Å². The molecule has 0 saturated carbocycles. The summed E-state index contributed by atoms with van der Waals surface area (Å²) < 4.78 is 5.70. The number of hydrogen-bond acceptors (Lipinski definition) is 2. The van der Waals surface area contributed by atoms with Crippen LogP contribution < -0.4 is 4.74 Å². The minimum absolute atomic E-state index is 0.00940. The lowest BCUT2D eigenvalue weighted by molar-refractivity contribution is 0.0922. The molecule has 3 nitrogen and oxygen atoms in total. The van der Waals surface area contributed by atoms with Crippen LogP contribution in [-0.4, -0.2) is 17.4 Å². The van der Waals surface area contributed by atoms with Gasteiger partial charge in [0, 0.05) is 22.2 Å². The Morgan fingerprint density at radius 2 is 1.71 bits per heavy atom. The molecule has 3 heteroatoms. The zero-order chi connectivity index (χ0) is 17.3. The van der Waals surface area contributed by atoms with Crippen LogP contribution in [0, 0.1) is 6.92 Å². The number of rotatable bonds is 4. The van der Waals surface area contributed by atoms with Crippen LogP contribution >= 0.6 is 0 Å². The second-order valence-electron chi connectivity index (χ2n) is 7.16. The molecule has 24 heavy (non-hydrogen) atoms. The van der Waals surface area contributed by atoms with Gasteiger partial charge in [-0.25, -0.2) is 0 Å². The van der Waals surface area contributed by atoms with Crippen molar-refractivity contribution in [2.45, 2.75) is 33.1 Å². The molecule has 0 saturated heterocycles. The molecule has 1 aromatic heterocycles. The molecule has 0 spiro atoms.